The van der Waals surface area contributed by atoms with Crippen molar-refractivity contribution in [1.29, 1.82) is 5.41 Å². The summed E-state index contributed by atoms with van der Waals surface area (Å²) in [5, 5.41) is 44.9. The van der Waals surface area contributed by atoms with Crippen LogP contribution in [0.25, 0.3) is 32.3 Å². The summed E-state index contributed by atoms with van der Waals surface area (Å²) in [6.07, 6.45) is 2.03. The van der Waals surface area contributed by atoms with Crippen LogP contribution in [0.4, 0.5) is 0 Å². The van der Waals surface area contributed by atoms with Crippen LogP contribution in [-0.4, -0.2) is 77.3 Å². The van der Waals surface area contributed by atoms with Crippen molar-refractivity contribution < 1.29 is 34.2 Å². The zero-order valence-corrected chi connectivity index (χ0v) is 32.7. The molecule has 5 aromatic rings. The van der Waals surface area contributed by atoms with Gasteiger partial charge in [-0.05, 0) is 75.5 Å². The van der Waals surface area contributed by atoms with E-state index in [0.29, 0.717) is 45.3 Å². The van der Waals surface area contributed by atoms with Gasteiger partial charge in [-0.15, -0.1) is 0 Å². The van der Waals surface area contributed by atoms with Gasteiger partial charge in [0.25, 0.3) is 0 Å². The predicted octanol–water partition coefficient (Wildman–Crippen LogP) is 5.28. The van der Waals surface area contributed by atoms with Crippen LogP contribution in [0.2, 0.25) is 0 Å². The molecule has 13 nitrogen and oxygen atoms in total. The van der Waals surface area contributed by atoms with Gasteiger partial charge in [0.2, 0.25) is 11.8 Å². The van der Waals surface area contributed by atoms with Gasteiger partial charge in [0.05, 0.1) is 11.9 Å². The predicted molar refractivity (Wildman–Crippen MR) is 226 cm³/mol. The van der Waals surface area contributed by atoms with Crippen molar-refractivity contribution in [2.45, 2.75) is 82.8 Å². The van der Waals surface area contributed by atoms with Gasteiger partial charge in [-0.3, -0.25) is 24.6 Å². The van der Waals surface area contributed by atoms with Gasteiger partial charge in [0.1, 0.15) is 6.04 Å². The molecule has 0 spiro atoms. The van der Waals surface area contributed by atoms with Gasteiger partial charge in [-0.1, -0.05) is 91.3 Å². The molecule has 306 valence electrons. The molecule has 0 aliphatic heterocycles. The SMILES string of the molecule is N=C(N)CCCC[C@H](NCCNCc1ccccc1)C(=O)C[C@H](Cc1ccc2ccc3cccc4ccc1c2c34)C(=O)NCC[C@@H](NC(=O)CCCC(=O)O)C(=O)O. The maximum atomic E-state index is 14.2. The summed E-state index contributed by atoms with van der Waals surface area (Å²) in [5.41, 5.74) is 7.65. The van der Waals surface area contributed by atoms with Crippen LogP contribution < -0.4 is 27.0 Å². The van der Waals surface area contributed by atoms with Gasteiger partial charge >= 0.3 is 11.9 Å². The molecular formula is C45H54N6O7. The minimum absolute atomic E-state index is 0.0692. The lowest BCUT2D eigenvalue weighted by molar-refractivity contribution is -0.142. The summed E-state index contributed by atoms with van der Waals surface area (Å²) < 4.78 is 0. The van der Waals surface area contributed by atoms with Crippen LogP contribution in [0.5, 0.6) is 0 Å². The fourth-order valence-corrected chi connectivity index (χ4v) is 7.49. The number of benzene rings is 5. The second-order valence-corrected chi connectivity index (χ2v) is 14.9. The van der Waals surface area contributed by atoms with E-state index >= 15 is 0 Å². The molecule has 3 atom stereocenters. The number of nitrogens with two attached hydrogens (primary N) is 1. The van der Waals surface area contributed by atoms with Crippen molar-refractivity contribution in [2.75, 3.05) is 19.6 Å². The lowest BCUT2D eigenvalue weighted by Crippen LogP contribution is -2.45. The molecule has 0 aliphatic carbocycles. The van der Waals surface area contributed by atoms with Crippen LogP contribution in [0.3, 0.4) is 0 Å². The first-order valence-corrected chi connectivity index (χ1v) is 20.0. The first-order chi connectivity index (χ1) is 28.0. The Balaban J connectivity index is 1.33. The van der Waals surface area contributed by atoms with Gasteiger partial charge < -0.3 is 37.2 Å². The molecule has 0 unspecified atom stereocenters. The fourth-order valence-electron chi connectivity index (χ4n) is 7.49. The third kappa shape index (κ3) is 12.5. The molecule has 58 heavy (non-hydrogen) atoms. The molecule has 5 rings (SSSR count). The lowest BCUT2D eigenvalue weighted by atomic mass is 9.86. The number of amides is 2. The van der Waals surface area contributed by atoms with Gasteiger partial charge in [-0.2, -0.15) is 0 Å². The zero-order chi connectivity index (χ0) is 41.4. The minimum Gasteiger partial charge on any atom is -0.481 e. The monoisotopic (exact) mass is 790 g/mol. The normalized spacial score (nSPS) is 13.0. The van der Waals surface area contributed by atoms with E-state index in [1.54, 1.807) is 0 Å². The van der Waals surface area contributed by atoms with E-state index in [1.165, 1.54) is 0 Å². The largest absolute Gasteiger partial charge is 0.481 e. The van der Waals surface area contributed by atoms with Crippen LogP contribution in [0, 0.1) is 11.3 Å². The number of unbranched alkanes of at least 4 members (excludes halogenated alkanes) is 1. The molecule has 0 aliphatic rings. The molecule has 0 saturated heterocycles. The molecule has 5 aromatic carbocycles. The minimum atomic E-state index is -1.30. The molecule has 0 bridgehead atoms. The Labute approximate surface area is 338 Å². The van der Waals surface area contributed by atoms with Gasteiger partial charge in [0.15, 0.2) is 5.78 Å². The summed E-state index contributed by atoms with van der Waals surface area (Å²) >= 11 is 0. The zero-order valence-electron chi connectivity index (χ0n) is 32.7. The lowest BCUT2D eigenvalue weighted by Gasteiger charge is -2.23. The van der Waals surface area contributed by atoms with Crippen LogP contribution in [0.1, 0.15) is 68.9 Å². The Bertz CT molecular complexity index is 2180. The molecule has 0 aromatic heterocycles. The second kappa shape index (κ2) is 21.6. The molecule has 0 heterocycles. The van der Waals surface area contributed by atoms with Crippen molar-refractivity contribution in [1.82, 2.24) is 21.3 Å². The van der Waals surface area contributed by atoms with E-state index in [1.807, 2.05) is 48.5 Å². The summed E-state index contributed by atoms with van der Waals surface area (Å²) in [5.74, 6) is -4.15. The highest BCUT2D eigenvalue weighted by Gasteiger charge is 2.28. The number of rotatable bonds is 26. The van der Waals surface area contributed by atoms with E-state index in [0.717, 1.165) is 43.4 Å². The highest BCUT2D eigenvalue weighted by Crippen LogP contribution is 2.36. The molecule has 0 fully saturated rings. The Hall–Kier alpha value is -5.92. The summed E-state index contributed by atoms with van der Waals surface area (Å²) in [6, 6.07) is 26.7. The number of carboxylic acids is 2. The molecule has 0 radical (unpaired) electrons. The third-order valence-electron chi connectivity index (χ3n) is 10.5. The molecule has 9 N–H and O–H groups in total. The molecular weight excluding hydrogens is 737 g/mol. The van der Waals surface area contributed by atoms with E-state index < -0.39 is 41.8 Å². The highest BCUT2D eigenvalue weighted by atomic mass is 16.4. The van der Waals surface area contributed by atoms with Crippen molar-refractivity contribution in [3.8, 4) is 0 Å². The first kappa shape index (κ1) is 43.2. The van der Waals surface area contributed by atoms with Crippen molar-refractivity contribution >= 4 is 67.7 Å². The quantitative estimate of drug-likeness (QED) is 0.0157. The topological polar surface area (TPSA) is 224 Å². The number of amidine groups is 1. The molecule has 0 saturated carbocycles. The number of Topliss-reactive ketones (excluding diaryl/α,β-unsaturated/α-hetero) is 1. The van der Waals surface area contributed by atoms with Crippen molar-refractivity contribution in [3.05, 3.63) is 96.1 Å². The van der Waals surface area contributed by atoms with Gasteiger partial charge in [0, 0.05) is 57.8 Å². The van der Waals surface area contributed by atoms with E-state index in [-0.39, 0.29) is 56.7 Å². The second-order valence-electron chi connectivity index (χ2n) is 14.9. The Morgan fingerprint density at radius 1 is 0.690 bits per heavy atom. The van der Waals surface area contributed by atoms with E-state index in [9.17, 15) is 29.1 Å². The Morgan fingerprint density at radius 3 is 2.10 bits per heavy atom. The summed E-state index contributed by atoms with van der Waals surface area (Å²) in [7, 11) is 0. The smallest absolute Gasteiger partial charge is 0.326 e. The highest BCUT2D eigenvalue weighted by molar-refractivity contribution is 6.23. The number of aliphatic carboxylic acids is 2. The fraction of sp³-hybridized carbons (Fsp3) is 0.378. The standard InChI is InChI=1S/C45H54N6O7/c46-39(47)13-5-4-12-36(49-25-24-48-28-29-8-2-1-3-9-29)38(52)27-34(44(56)50-23-22-37(45(57)58)51-40(53)14-7-15-41(54)55)26-33-19-18-32-17-16-30-10-6-11-31-20-21-35(33)43(32)42(30)31/h1-3,6,8-11,16-21,34,36-37,48-49H,4-5,7,12-15,22-28H2,(H3,46,47)(H,50,56)(H,51,53)(H,54,55)(H,57,58)/t34-,36-,37+/m0/s1. The summed E-state index contributed by atoms with van der Waals surface area (Å²) in [6.45, 7) is 1.73. The maximum absolute atomic E-state index is 14.2. The number of ketones is 1. The summed E-state index contributed by atoms with van der Waals surface area (Å²) in [4.78, 5) is 63.5. The number of hydrogen-bond acceptors (Lipinski definition) is 8. The van der Waals surface area contributed by atoms with E-state index in [4.69, 9.17) is 16.2 Å². The number of hydrogen-bond donors (Lipinski definition) is 8. The Kier molecular flexibility index (Phi) is 16.1. The van der Waals surface area contributed by atoms with Crippen LogP contribution in [-0.2, 0) is 36.9 Å². The van der Waals surface area contributed by atoms with Crippen molar-refractivity contribution in [2.24, 2.45) is 11.7 Å². The number of carbonyl (C=O) groups is 5. The molecule has 2 amide bonds. The average molecular weight is 791 g/mol. The van der Waals surface area contributed by atoms with Gasteiger partial charge in [-0.25, -0.2) is 4.79 Å². The van der Waals surface area contributed by atoms with Crippen molar-refractivity contribution in [3.63, 3.8) is 0 Å². The van der Waals surface area contributed by atoms with Crippen LogP contribution >= 0.6 is 0 Å². The van der Waals surface area contributed by atoms with Crippen LogP contribution in [0.15, 0.2) is 84.9 Å². The average Bonchev–Trinajstić information content (AvgIpc) is 3.20. The van der Waals surface area contributed by atoms with E-state index in [2.05, 4.69) is 57.7 Å². The number of nitrogens with one attached hydrogen (secondary N) is 5. The first-order valence-electron chi connectivity index (χ1n) is 20.0. The Morgan fingerprint density at radius 2 is 1.40 bits per heavy atom. The third-order valence-corrected chi connectivity index (χ3v) is 10.5. The maximum Gasteiger partial charge on any atom is 0.326 e. The molecule has 13 heteroatoms. The number of carboxylic acid groups (broad SMARTS) is 2. The number of carbonyl (C=O) groups excluding carboxylic acids is 3.